The van der Waals surface area contributed by atoms with Crippen molar-refractivity contribution in [2.24, 2.45) is 22.0 Å². The molecule has 3 aliphatic heterocycles. The highest BCUT2D eigenvalue weighted by atomic mass is 32.1. The van der Waals surface area contributed by atoms with Gasteiger partial charge in [-0.15, -0.1) is 0 Å². The van der Waals surface area contributed by atoms with E-state index in [-0.39, 0.29) is 123 Å². The quantitative estimate of drug-likeness (QED) is 0.0223. The summed E-state index contributed by atoms with van der Waals surface area (Å²) in [5.74, 6) is -5.32. The first kappa shape index (κ1) is 88.5. The molecule has 2 unspecified atom stereocenters. The number of para-hydroxylation sites is 1. The number of pyridine rings is 1. The van der Waals surface area contributed by atoms with Gasteiger partial charge in [-0.3, -0.25) is 24.4 Å². The summed E-state index contributed by atoms with van der Waals surface area (Å²) < 4.78 is 54.3. The Morgan fingerprint density at radius 2 is 1.27 bits per heavy atom. The third kappa shape index (κ3) is 20.1. The summed E-state index contributed by atoms with van der Waals surface area (Å²) in [6.45, 7) is 7.73. The lowest BCUT2D eigenvalue weighted by molar-refractivity contribution is -0.271. The van der Waals surface area contributed by atoms with Gasteiger partial charge in [-0.05, 0) is 158 Å². The molecule has 5 amide bonds. The van der Waals surface area contributed by atoms with Crippen LogP contribution in [0.25, 0.3) is 33.5 Å². The van der Waals surface area contributed by atoms with E-state index in [0.717, 1.165) is 65.6 Å². The molecule has 7 aromatic rings. The average molecular weight is 1710 g/mol. The number of aliphatic hydroxyl groups is 6. The molecule has 4 bridgehead atoms. The van der Waals surface area contributed by atoms with Gasteiger partial charge in [-0.1, -0.05) is 61.6 Å². The van der Waals surface area contributed by atoms with Crippen LogP contribution in [0.2, 0.25) is 0 Å². The number of amides is 5. The molecule has 38 heteroatoms. The number of ether oxygens (including phenoxy) is 9. The number of carboxylic acids is 3. The third-order valence-electron chi connectivity index (χ3n) is 22.8. The zero-order chi connectivity index (χ0) is 87.1. The number of hydrogen-bond donors (Lipinski definition) is 14. The monoisotopic (exact) mass is 1710 g/mol. The molecule has 4 saturated carbocycles. The lowest BCUT2D eigenvalue weighted by Gasteiger charge is -2.69. The summed E-state index contributed by atoms with van der Waals surface area (Å²) in [7, 11) is 3.11. The molecule has 0 radical (unpaired) electrons. The number of carboxylic acid groups (broad SMARTS) is 3. The van der Waals surface area contributed by atoms with Crippen LogP contribution in [0.15, 0.2) is 103 Å². The number of aromatic carboxylic acids is 1. The van der Waals surface area contributed by atoms with Crippen molar-refractivity contribution in [2.75, 3.05) is 94.2 Å². The summed E-state index contributed by atoms with van der Waals surface area (Å²) in [5, 5.41) is 109. The molecule has 12 atom stereocenters. The number of aromatic nitrogens is 4. The predicted octanol–water partition coefficient (Wildman–Crippen LogP) is 5.92. The molecule has 4 aromatic carbocycles. The number of rotatable bonds is 34. The van der Waals surface area contributed by atoms with E-state index >= 15 is 0 Å². The van der Waals surface area contributed by atoms with Gasteiger partial charge in [0.15, 0.2) is 23.0 Å². The summed E-state index contributed by atoms with van der Waals surface area (Å²) in [6.07, 6.45) is -8.20. The fourth-order valence-electron chi connectivity index (χ4n) is 18.4. The number of aliphatic hydroxyl groups excluding tert-OH is 6. The first-order valence-electron chi connectivity index (χ1n) is 39.7. The summed E-state index contributed by atoms with van der Waals surface area (Å²) in [4.78, 5) is 117. The number of hydrogen-bond acceptors (Lipinski definition) is 29. The molecular formula is C84H99N11O26S. The number of thiazole rings is 1. The first-order chi connectivity index (χ1) is 58.3. The zero-order valence-corrected chi connectivity index (χ0v) is 68.3. The summed E-state index contributed by atoms with van der Waals surface area (Å²) >= 11 is 1.38. The van der Waals surface area contributed by atoms with Gasteiger partial charge in [0, 0.05) is 93.7 Å². The maximum absolute atomic E-state index is 14.0. The van der Waals surface area contributed by atoms with E-state index in [1.165, 1.54) is 78.0 Å². The van der Waals surface area contributed by atoms with Crippen LogP contribution in [0.1, 0.15) is 114 Å². The van der Waals surface area contributed by atoms with Crippen molar-refractivity contribution in [3.63, 3.8) is 0 Å². The molecule has 0 spiro atoms. The van der Waals surface area contributed by atoms with Crippen LogP contribution in [0.3, 0.4) is 0 Å². The fourth-order valence-corrected chi connectivity index (χ4v) is 19.2. The Bertz CT molecular complexity index is 5080. The number of nitrogens with one attached hydrogen (secondary N) is 4. The van der Waals surface area contributed by atoms with Gasteiger partial charge in [0.2, 0.25) is 24.4 Å². The molecule has 4 aliphatic carbocycles. The highest BCUT2D eigenvalue weighted by molar-refractivity contribution is 7.22. The SMILES string of the molecule is COCCN(CCOC12CC3(C)CC(C)(CC(Cn4ncc(-c5ccc(N6CCc7c(OC)ccc(C(=O)Nc8nc9ccccc9s8)c7C6)nc5C(=O)O)c4C)(C3)C1)C2)C(=O)OC/C=C/c1ccc(O[C@@H]2O[C@H](C(=O)O)[C@@H](O)[C@H](O)[C@H]2O)c(NC(=O)CCNC(=O)OC/C=C/c2ccc(O[C@@H]3O[C@H](C(=O)O)[C@@H](O)[C@H](O)[C@H]3O)c(NC(=O)CCN)c2)c1. The number of carbonyl (C=O) groups is 8. The lowest BCUT2D eigenvalue weighted by Crippen LogP contribution is -2.64. The van der Waals surface area contributed by atoms with Gasteiger partial charge in [-0.2, -0.15) is 5.10 Å². The smallest absolute Gasteiger partial charge is 0.410 e. The Hall–Kier alpha value is -11.3. The standard InChI is InChI=1S/C84H99N11O26S/c1-45-51(49-17-21-60(91-63(49)73(105)106)94-27-24-48-52(37-94)50(16-20-56(48)114-5)72(104)92-78-90-53-12-6-7-13-59(53)122-78)36-87-95(45)44-83-39-81(2)38-82(3,40-83)42-84(41-81,43-83)117-33-29-93(28-32-113-4)80(112)116-31-9-11-47-15-19-58(119-77-69(103)65(99)67(101)71(121-77)75(109)110)55(35-47)89-62(97)23-26-86-79(111)115-30-8-10-46-14-18-57(54(34-46)88-61(96)22-25-85)118-76-68(102)64(98)66(100)70(120-76)74(107)108/h6-21,34-36,64-71,76-77,98-103H,22-33,37-44,85H2,1-5H3,(H,86,111)(H,88,96)(H,89,97)(H,105,106)(H,107,108)(H,109,110)(H,90,92,104)/b10-8+,11-9+/t64-,65-,66-,67-,68+,69+,70-,71-,76+,77+,81?,82?,83?,84?/m0/s1. The maximum atomic E-state index is 14.0. The van der Waals surface area contributed by atoms with Crippen LogP contribution in [0.4, 0.5) is 31.9 Å². The van der Waals surface area contributed by atoms with E-state index in [4.69, 9.17) is 58.4 Å². The summed E-state index contributed by atoms with van der Waals surface area (Å²) in [6, 6.07) is 23.3. The largest absolute Gasteiger partial charge is 0.496 e. The van der Waals surface area contributed by atoms with Gasteiger partial charge in [0.25, 0.3) is 5.91 Å². The van der Waals surface area contributed by atoms with E-state index < -0.39 is 109 Å². The molecule has 122 heavy (non-hydrogen) atoms. The second-order valence-corrected chi connectivity index (χ2v) is 33.3. The second kappa shape index (κ2) is 37.6. The van der Waals surface area contributed by atoms with Gasteiger partial charge in [0.1, 0.15) is 72.9 Å². The first-order valence-corrected chi connectivity index (χ1v) is 40.5. The van der Waals surface area contributed by atoms with Crippen molar-refractivity contribution >= 4 is 104 Å². The van der Waals surface area contributed by atoms with Crippen molar-refractivity contribution in [3.8, 4) is 28.4 Å². The number of anilines is 4. The number of nitrogens with zero attached hydrogens (tertiary/aromatic N) is 6. The van der Waals surface area contributed by atoms with Crippen LogP contribution in [-0.2, 0) is 67.1 Å². The minimum absolute atomic E-state index is 0.00977. The normalized spacial score (nSPS) is 25.9. The van der Waals surface area contributed by atoms with Gasteiger partial charge >= 0.3 is 30.1 Å². The van der Waals surface area contributed by atoms with E-state index in [1.807, 2.05) is 46.8 Å². The van der Waals surface area contributed by atoms with Crippen molar-refractivity contribution in [1.82, 2.24) is 30.0 Å². The number of carbonyl (C=O) groups excluding carboxylic acids is 5. The minimum Gasteiger partial charge on any atom is -0.496 e. The lowest BCUT2D eigenvalue weighted by atomic mass is 9.39. The second-order valence-electron chi connectivity index (χ2n) is 32.3. The number of fused-ring (bicyclic) bond motifs is 2. The molecule has 2 saturated heterocycles. The number of aliphatic carboxylic acids is 2. The molecule has 3 aromatic heterocycles. The van der Waals surface area contributed by atoms with Crippen LogP contribution < -0.4 is 46.1 Å². The fraction of sp³-hybridized carbons (Fsp3) is 0.464. The zero-order valence-electron chi connectivity index (χ0n) is 67.5. The third-order valence-corrected chi connectivity index (χ3v) is 23.7. The van der Waals surface area contributed by atoms with Crippen LogP contribution in [0.5, 0.6) is 17.2 Å². The predicted molar refractivity (Wildman–Crippen MR) is 438 cm³/mol. The van der Waals surface area contributed by atoms with Crippen LogP contribution in [0, 0.1) is 23.2 Å². The highest BCUT2D eigenvalue weighted by Gasteiger charge is 2.66. The van der Waals surface area contributed by atoms with Gasteiger partial charge in [-0.25, -0.2) is 33.9 Å². The molecule has 37 nitrogen and oxygen atoms in total. The van der Waals surface area contributed by atoms with Crippen molar-refractivity contribution in [3.05, 3.63) is 142 Å². The maximum Gasteiger partial charge on any atom is 0.410 e. The molecule has 652 valence electrons. The molecule has 15 N–H and O–H groups in total. The molecule has 14 rings (SSSR count). The number of nitrogens with two attached hydrogens (primary N) is 1. The molecular weight excluding hydrogens is 1610 g/mol. The highest BCUT2D eigenvalue weighted by Crippen LogP contribution is 2.72. The molecule has 7 aliphatic rings. The Labute approximate surface area is 703 Å². The summed E-state index contributed by atoms with van der Waals surface area (Å²) in [5.41, 5.74) is 9.88. The van der Waals surface area contributed by atoms with Crippen molar-refractivity contribution in [2.45, 2.75) is 159 Å². The molecule has 6 heterocycles. The topological polar surface area (TPSA) is 526 Å². The van der Waals surface area contributed by atoms with E-state index in [2.05, 4.69) is 40.1 Å². The van der Waals surface area contributed by atoms with Crippen molar-refractivity contribution in [1.29, 1.82) is 0 Å². The number of alkyl carbamates (subject to hydrolysis) is 1. The number of benzene rings is 4. The van der Waals surface area contributed by atoms with Gasteiger partial charge < -0.3 is 120 Å². The minimum atomic E-state index is -2.04. The Balaban J connectivity index is 0.621. The Morgan fingerprint density at radius 1 is 0.664 bits per heavy atom. The van der Waals surface area contributed by atoms with Crippen LogP contribution in [-0.4, -0.2) is 259 Å². The Kier molecular flexibility index (Phi) is 27.3. The van der Waals surface area contributed by atoms with E-state index in [9.17, 15) is 84.3 Å². The number of methoxy groups -OCH3 is 2. The Morgan fingerprint density at radius 3 is 1.87 bits per heavy atom. The van der Waals surface area contributed by atoms with Crippen molar-refractivity contribution < 1.29 is 127 Å². The van der Waals surface area contributed by atoms with Crippen LogP contribution >= 0.6 is 11.3 Å². The average Bonchev–Trinajstić information content (AvgIpc) is 0.762. The molecule has 6 fully saturated rings. The van der Waals surface area contributed by atoms with E-state index in [0.29, 0.717) is 64.0 Å². The van der Waals surface area contributed by atoms with E-state index in [1.54, 1.807) is 37.6 Å². The van der Waals surface area contributed by atoms with Gasteiger partial charge in [0.05, 0.1) is 53.7 Å².